The average molecular weight is 438 g/mol. The van der Waals surface area contributed by atoms with E-state index in [4.69, 9.17) is 0 Å². The second-order valence-corrected chi connectivity index (χ2v) is 7.41. The van der Waals surface area contributed by atoms with Crippen LogP contribution >= 0.6 is 15.9 Å². The number of fused-ring (bicyclic) bond motifs is 1. The summed E-state index contributed by atoms with van der Waals surface area (Å²) in [7, 11) is 0. The Labute approximate surface area is 172 Å². The summed E-state index contributed by atoms with van der Waals surface area (Å²) in [5.74, 6) is -0.845. The van der Waals surface area contributed by atoms with Gasteiger partial charge in [0.25, 0.3) is 5.91 Å². The van der Waals surface area contributed by atoms with Gasteiger partial charge in [0, 0.05) is 16.6 Å². The van der Waals surface area contributed by atoms with Gasteiger partial charge in [0.05, 0.1) is 12.1 Å². The molecule has 1 heterocycles. The van der Waals surface area contributed by atoms with Crippen molar-refractivity contribution < 1.29 is 14.7 Å². The van der Waals surface area contributed by atoms with E-state index in [1.54, 1.807) is 36.4 Å². The number of amides is 1. The first kappa shape index (κ1) is 20.0. The van der Waals surface area contributed by atoms with E-state index < -0.39 is 11.5 Å². The molecule has 1 N–H and O–H groups in total. The van der Waals surface area contributed by atoms with Crippen molar-refractivity contribution in [3.63, 3.8) is 0 Å². The molecule has 1 atom stereocenters. The lowest BCUT2D eigenvalue weighted by atomic mass is 9.90. The number of carbonyl (C=O) groups is 2. The summed E-state index contributed by atoms with van der Waals surface area (Å²) >= 11 is 3.37. The molecule has 0 spiro atoms. The van der Waals surface area contributed by atoms with Crippen LogP contribution in [0.4, 0.5) is 5.69 Å². The van der Waals surface area contributed by atoms with Crippen molar-refractivity contribution in [2.45, 2.75) is 12.0 Å². The lowest BCUT2D eigenvalue weighted by Gasteiger charge is -2.21. The Morgan fingerprint density at radius 2 is 1.93 bits per heavy atom. The fourth-order valence-corrected chi connectivity index (χ4v) is 3.57. The molecule has 0 saturated carbocycles. The fraction of sp³-hybridized carbons (Fsp3) is 0.130. The van der Waals surface area contributed by atoms with Gasteiger partial charge in [-0.05, 0) is 29.8 Å². The third-order valence-corrected chi connectivity index (χ3v) is 5.01. The van der Waals surface area contributed by atoms with Gasteiger partial charge in [0.15, 0.2) is 11.4 Å². The minimum absolute atomic E-state index is 0.264. The van der Waals surface area contributed by atoms with E-state index in [0.717, 1.165) is 10.0 Å². The summed E-state index contributed by atoms with van der Waals surface area (Å²) in [5.41, 5.74) is 0.155. The fourth-order valence-electron chi connectivity index (χ4n) is 3.21. The van der Waals surface area contributed by atoms with E-state index in [1.165, 1.54) is 11.0 Å². The summed E-state index contributed by atoms with van der Waals surface area (Å²) in [6.07, 6.45) is 7.88. The molecule has 0 aliphatic carbocycles. The molecular weight excluding hydrogens is 418 g/mol. The highest BCUT2D eigenvalue weighted by atomic mass is 79.9. The summed E-state index contributed by atoms with van der Waals surface area (Å²) in [6, 6.07) is 14.9. The molecule has 4 nitrogen and oxygen atoms in total. The number of halogens is 1. The lowest BCUT2D eigenvalue weighted by molar-refractivity contribution is -0.140. The van der Waals surface area contributed by atoms with Gasteiger partial charge in [-0.1, -0.05) is 70.6 Å². The predicted molar refractivity (Wildman–Crippen MR) is 115 cm³/mol. The number of nitrogens with zero attached hydrogens (tertiary/aromatic N) is 1. The van der Waals surface area contributed by atoms with E-state index in [-0.39, 0.29) is 18.7 Å². The third-order valence-electron chi connectivity index (χ3n) is 4.52. The van der Waals surface area contributed by atoms with E-state index in [1.807, 2.05) is 36.4 Å². The van der Waals surface area contributed by atoms with Crippen LogP contribution in [0.2, 0.25) is 0 Å². The first-order valence-corrected chi connectivity index (χ1v) is 9.63. The van der Waals surface area contributed by atoms with E-state index in [9.17, 15) is 14.7 Å². The lowest BCUT2D eigenvalue weighted by Crippen LogP contribution is -2.41. The molecule has 2 aromatic rings. The molecular formula is C23H20BrNO3. The van der Waals surface area contributed by atoms with Crippen LogP contribution in [0.3, 0.4) is 0 Å². The van der Waals surface area contributed by atoms with Crippen LogP contribution in [-0.2, 0) is 15.2 Å². The second-order valence-electron chi connectivity index (χ2n) is 6.50. The molecule has 2 aromatic carbocycles. The zero-order chi connectivity index (χ0) is 20.1. The van der Waals surface area contributed by atoms with Gasteiger partial charge < -0.3 is 10.0 Å². The number of aliphatic hydroxyl groups is 1. The largest absolute Gasteiger partial charge is 0.375 e. The van der Waals surface area contributed by atoms with Crippen LogP contribution in [0.25, 0.3) is 6.08 Å². The van der Waals surface area contributed by atoms with Gasteiger partial charge in [-0.15, -0.1) is 6.58 Å². The second kappa shape index (κ2) is 8.50. The molecule has 0 unspecified atom stereocenters. The normalized spacial score (nSPS) is 18.8. The van der Waals surface area contributed by atoms with Crippen molar-refractivity contribution in [2.75, 3.05) is 11.4 Å². The Balaban J connectivity index is 1.78. The quantitative estimate of drug-likeness (QED) is 0.396. The number of benzene rings is 2. The molecule has 1 aliphatic heterocycles. The van der Waals surface area contributed by atoms with Crippen LogP contribution in [0.5, 0.6) is 0 Å². The SMILES string of the molecule is C=CCN1C(=O)[C@@](O)(CC(=O)/C=C/C=C/c2ccccc2)c2cc(Br)ccc21. The minimum atomic E-state index is -1.88. The van der Waals surface area contributed by atoms with Gasteiger partial charge in [0.2, 0.25) is 0 Å². The smallest absolute Gasteiger partial charge is 0.264 e. The summed E-state index contributed by atoms with van der Waals surface area (Å²) < 4.78 is 0.728. The molecule has 142 valence electrons. The Morgan fingerprint density at radius 3 is 2.64 bits per heavy atom. The molecule has 28 heavy (non-hydrogen) atoms. The number of allylic oxidation sites excluding steroid dienone is 3. The third kappa shape index (κ3) is 4.06. The summed E-state index contributed by atoms with van der Waals surface area (Å²) in [6.45, 7) is 3.93. The number of carbonyl (C=O) groups excluding carboxylic acids is 2. The molecule has 0 aromatic heterocycles. The van der Waals surface area contributed by atoms with Gasteiger partial charge in [-0.25, -0.2) is 0 Å². The molecule has 1 aliphatic rings. The maximum atomic E-state index is 12.9. The molecule has 0 bridgehead atoms. The van der Waals surface area contributed by atoms with Gasteiger partial charge >= 0.3 is 0 Å². The number of ketones is 1. The van der Waals surface area contributed by atoms with Crippen molar-refractivity contribution in [3.8, 4) is 0 Å². The molecule has 0 fully saturated rings. The van der Waals surface area contributed by atoms with Gasteiger partial charge in [0.1, 0.15) is 0 Å². The van der Waals surface area contributed by atoms with Crippen LogP contribution < -0.4 is 4.90 Å². The molecule has 1 amide bonds. The Morgan fingerprint density at radius 1 is 1.18 bits per heavy atom. The standard InChI is InChI=1S/C23H20BrNO3/c1-2-14-25-21-13-12-18(24)15-20(21)23(28,22(25)27)16-19(26)11-7-6-10-17-8-4-3-5-9-17/h2-13,15,28H,1,14,16H2/b10-6+,11-7+/t23-/m1/s1. The van der Waals surface area contributed by atoms with Crippen LogP contribution in [0, 0.1) is 0 Å². The van der Waals surface area contributed by atoms with E-state index in [2.05, 4.69) is 22.5 Å². The summed E-state index contributed by atoms with van der Waals surface area (Å²) in [5, 5.41) is 11.1. The molecule has 5 heteroatoms. The van der Waals surface area contributed by atoms with Crippen LogP contribution in [-0.4, -0.2) is 23.3 Å². The molecule has 0 saturated heterocycles. The van der Waals surface area contributed by atoms with Crippen molar-refractivity contribution in [1.82, 2.24) is 0 Å². The highest BCUT2D eigenvalue weighted by molar-refractivity contribution is 9.10. The first-order chi connectivity index (χ1) is 13.5. The number of rotatable bonds is 7. The van der Waals surface area contributed by atoms with Gasteiger partial charge in [-0.3, -0.25) is 9.59 Å². The number of anilines is 1. The topological polar surface area (TPSA) is 57.6 Å². The molecule has 0 radical (unpaired) electrons. The maximum absolute atomic E-state index is 12.9. The van der Waals surface area contributed by atoms with E-state index >= 15 is 0 Å². The average Bonchev–Trinajstić information content (AvgIpc) is 2.88. The minimum Gasteiger partial charge on any atom is -0.375 e. The van der Waals surface area contributed by atoms with Crippen molar-refractivity contribution in [2.24, 2.45) is 0 Å². The molecule has 3 rings (SSSR count). The van der Waals surface area contributed by atoms with Crippen molar-refractivity contribution in [1.29, 1.82) is 0 Å². The van der Waals surface area contributed by atoms with Crippen LogP contribution in [0.15, 0.2) is 83.9 Å². The van der Waals surface area contributed by atoms with E-state index in [0.29, 0.717) is 11.3 Å². The Bertz CT molecular complexity index is 965. The van der Waals surface area contributed by atoms with Crippen molar-refractivity contribution in [3.05, 3.63) is 95.0 Å². The predicted octanol–water partition coefficient (Wildman–Crippen LogP) is 4.40. The Kier molecular flexibility index (Phi) is 6.07. The van der Waals surface area contributed by atoms with Crippen molar-refractivity contribution >= 4 is 39.4 Å². The van der Waals surface area contributed by atoms with Crippen LogP contribution in [0.1, 0.15) is 17.5 Å². The van der Waals surface area contributed by atoms with Gasteiger partial charge in [-0.2, -0.15) is 0 Å². The highest BCUT2D eigenvalue weighted by Gasteiger charge is 2.50. The number of hydrogen-bond acceptors (Lipinski definition) is 3. The first-order valence-electron chi connectivity index (χ1n) is 8.83. The number of hydrogen-bond donors (Lipinski definition) is 1. The monoisotopic (exact) mass is 437 g/mol. The summed E-state index contributed by atoms with van der Waals surface area (Å²) in [4.78, 5) is 26.7. The Hall–Kier alpha value is -2.76. The zero-order valence-corrected chi connectivity index (χ0v) is 16.8. The highest BCUT2D eigenvalue weighted by Crippen LogP contribution is 2.43. The maximum Gasteiger partial charge on any atom is 0.264 e. The zero-order valence-electron chi connectivity index (χ0n) is 15.2.